The van der Waals surface area contributed by atoms with E-state index in [0.29, 0.717) is 12.3 Å². The van der Waals surface area contributed by atoms with Crippen molar-refractivity contribution in [2.75, 3.05) is 32.8 Å². The first kappa shape index (κ1) is 17.0. The number of carbonyl (C=O) groups is 1. The number of aromatic nitrogens is 2. The first-order valence-corrected chi connectivity index (χ1v) is 8.22. The Hall–Kier alpha value is -1.40. The van der Waals surface area contributed by atoms with Crippen molar-refractivity contribution in [3.63, 3.8) is 0 Å². The van der Waals surface area contributed by atoms with Crippen molar-refractivity contribution < 1.29 is 9.90 Å². The molecule has 6 heteroatoms. The van der Waals surface area contributed by atoms with E-state index in [4.69, 9.17) is 0 Å². The first-order chi connectivity index (χ1) is 10.6. The Labute approximate surface area is 132 Å². The van der Waals surface area contributed by atoms with Gasteiger partial charge in [-0.3, -0.25) is 9.48 Å². The number of hydrogen-bond acceptors (Lipinski definition) is 4. The van der Waals surface area contributed by atoms with Crippen molar-refractivity contribution in [1.82, 2.24) is 20.0 Å². The number of rotatable bonds is 8. The molecule has 1 amide bonds. The zero-order valence-corrected chi connectivity index (χ0v) is 13.7. The second kappa shape index (κ2) is 8.29. The van der Waals surface area contributed by atoms with Crippen LogP contribution < -0.4 is 5.32 Å². The van der Waals surface area contributed by atoms with Crippen LogP contribution in [0.2, 0.25) is 0 Å². The number of aliphatic hydroxyl groups excluding tert-OH is 1. The van der Waals surface area contributed by atoms with Crippen LogP contribution in [0.4, 0.5) is 0 Å². The second-order valence-electron chi connectivity index (χ2n) is 6.21. The summed E-state index contributed by atoms with van der Waals surface area (Å²) in [5.41, 5.74) is 1.20. The van der Waals surface area contributed by atoms with Gasteiger partial charge in [-0.05, 0) is 24.9 Å². The van der Waals surface area contributed by atoms with Crippen molar-refractivity contribution in [2.45, 2.75) is 32.1 Å². The fourth-order valence-electron chi connectivity index (χ4n) is 3.15. The molecule has 0 saturated carbocycles. The Morgan fingerprint density at radius 1 is 1.50 bits per heavy atom. The molecule has 1 aromatic heterocycles. The molecule has 2 atom stereocenters. The molecule has 6 nitrogen and oxygen atoms in total. The van der Waals surface area contributed by atoms with Crippen LogP contribution in [-0.4, -0.2) is 58.5 Å². The van der Waals surface area contributed by atoms with E-state index in [0.717, 1.165) is 39.0 Å². The number of likely N-dealkylation sites (tertiary alicyclic amines) is 1. The molecular formula is C16H28N4O2. The van der Waals surface area contributed by atoms with E-state index in [9.17, 15) is 9.90 Å². The summed E-state index contributed by atoms with van der Waals surface area (Å²) < 4.78 is 1.81. The maximum atomic E-state index is 11.6. The Morgan fingerprint density at radius 3 is 2.95 bits per heavy atom. The summed E-state index contributed by atoms with van der Waals surface area (Å²) in [5, 5.41) is 16.8. The molecule has 0 radical (unpaired) electrons. The predicted octanol–water partition coefficient (Wildman–Crippen LogP) is 0.734. The molecule has 1 saturated heterocycles. The van der Waals surface area contributed by atoms with Crippen LogP contribution in [0.15, 0.2) is 12.4 Å². The predicted molar refractivity (Wildman–Crippen MR) is 85.5 cm³/mol. The highest BCUT2D eigenvalue weighted by molar-refractivity contribution is 5.75. The van der Waals surface area contributed by atoms with E-state index in [1.54, 1.807) is 0 Å². The molecule has 0 aliphatic carbocycles. The average Bonchev–Trinajstić information content (AvgIpc) is 3.11. The van der Waals surface area contributed by atoms with Crippen LogP contribution in [0.1, 0.15) is 37.7 Å². The number of aryl methyl sites for hydroxylation is 1. The molecular weight excluding hydrogens is 280 g/mol. The van der Waals surface area contributed by atoms with Gasteiger partial charge in [0.2, 0.25) is 5.91 Å². The third-order valence-corrected chi connectivity index (χ3v) is 4.35. The summed E-state index contributed by atoms with van der Waals surface area (Å²) in [7, 11) is 1.92. The van der Waals surface area contributed by atoms with Gasteiger partial charge >= 0.3 is 0 Å². The van der Waals surface area contributed by atoms with Crippen LogP contribution in [0, 0.1) is 5.92 Å². The van der Waals surface area contributed by atoms with Crippen LogP contribution in [0.25, 0.3) is 0 Å². The fraction of sp³-hybridized carbons (Fsp3) is 0.750. The van der Waals surface area contributed by atoms with Gasteiger partial charge in [-0.15, -0.1) is 0 Å². The summed E-state index contributed by atoms with van der Waals surface area (Å²) in [6.45, 7) is 5.76. The molecule has 0 bridgehead atoms. The van der Waals surface area contributed by atoms with E-state index >= 15 is 0 Å². The number of amides is 1. The summed E-state index contributed by atoms with van der Waals surface area (Å²) >= 11 is 0. The van der Waals surface area contributed by atoms with E-state index in [1.165, 1.54) is 5.56 Å². The fourth-order valence-corrected chi connectivity index (χ4v) is 3.15. The highest BCUT2D eigenvalue weighted by Gasteiger charge is 2.33. The van der Waals surface area contributed by atoms with Gasteiger partial charge in [0.05, 0.1) is 6.20 Å². The standard InChI is InChI=1S/C16H28N4O2/c1-3-6-17-16(22)5-4-7-20-10-14(12-21)15(11-20)13-8-18-19(2)9-13/h8-9,14-15,21H,3-7,10-12H2,1-2H3,(H,17,22)/t14-,15-/m0/s1. The molecule has 2 N–H and O–H groups in total. The Balaban J connectivity index is 1.78. The molecule has 1 aromatic rings. The van der Waals surface area contributed by atoms with Gasteiger partial charge in [0.25, 0.3) is 0 Å². The van der Waals surface area contributed by atoms with Gasteiger partial charge in [-0.25, -0.2) is 0 Å². The van der Waals surface area contributed by atoms with Gasteiger partial charge in [0.1, 0.15) is 0 Å². The first-order valence-electron chi connectivity index (χ1n) is 8.22. The van der Waals surface area contributed by atoms with Crippen molar-refractivity contribution in [3.05, 3.63) is 18.0 Å². The highest BCUT2D eigenvalue weighted by atomic mass is 16.3. The number of hydrogen-bond donors (Lipinski definition) is 2. The van der Waals surface area contributed by atoms with Crippen LogP contribution in [-0.2, 0) is 11.8 Å². The van der Waals surface area contributed by atoms with Gasteiger partial charge in [-0.1, -0.05) is 6.92 Å². The molecule has 124 valence electrons. The maximum absolute atomic E-state index is 11.6. The van der Waals surface area contributed by atoms with E-state index in [1.807, 2.05) is 24.1 Å². The van der Waals surface area contributed by atoms with Crippen LogP contribution in [0.5, 0.6) is 0 Å². The SMILES string of the molecule is CCCNC(=O)CCCN1C[C@@H](CO)[C@H](c2cnn(C)c2)C1. The Kier molecular flexibility index (Phi) is 6.39. The largest absolute Gasteiger partial charge is 0.396 e. The van der Waals surface area contributed by atoms with Gasteiger partial charge < -0.3 is 15.3 Å². The zero-order valence-electron chi connectivity index (χ0n) is 13.7. The summed E-state index contributed by atoms with van der Waals surface area (Å²) in [6.07, 6.45) is 6.36. The molecule has 1 aliphatic rings. The van der Waals surface area contributed by atoms with Gasteiger partial charge in [-0.2, -0.15) is 5.10 Å². The van der Waals surface area contributed by atoms with Crippen molar-refractivity contribution >= 4 is 5.91 Å². The molecule has 0 spiro atoms. The number of aliphatic hydroxyl groups is 1. The topological polar surface area (TPSA) is 70.4 Å². The maximum Gasteiger partial charge on any atom is 0.220 e. The lowest BCUT2D eigenvalue weighted by Gasteiger charge is -2.15. The zero-order chi connectivity index (χ0) is 15.9. The van der Waals surface area contributed by atoms with E-state index < -0.39 is 0 Å². The molecule has 2 rings (SSSR count). The molecule has 1 fully saturated rings. The molecule has 0 aromatic carbocycles. The van der Waals surface area contributed by atoms with Crippen molar-refractivity contribution in [1.29, 1.82) is 0 Å². The lowest BCUT2D eigenvalue weighted by molar-refractivity contribution is -0.121. The quantitative estimate of drug-likeness (QED) is 0.743. The highest BCUT2D eigenvalue weighted by Crippen LogP contribution is 2.32. The van der Waals surface area contributed by atoms with Crippen molar-refractivity contribution in [2.24, 2.45) is 13.0 Å². The molecule has 1 aliphatic heterocycles. The molecule has 0 unspecified atom stereocenters. The summed E-state index contributed by atoms with van der Waals surface area (Å²) in [6, 6.07) is 0. The minimum Gasteiger partial charge on any atom is -0.396 e. The second-order valence-corrected chi connectivity index (χ2v) is 6.21. The number of nitrogens with one attached hydrogen (secondary N) is 1. The van der Waals surface area contributed by atoms with E-state index in [2.05, 4.69) is 22.2 Å². The third-order valence-electron chi connectivity index (χ3n) is 4.35. The van der Waals surface area contributed by atoms with Crippen molar-refractivity contribution in [3.8, 4) is 0 Å². The number of carbonyl (C=O) groups excluding carboxylic acids is 1. The number of nitrogens with zero attached hydrogens (tertiary/aromatic N) is 3. The Morgan fingerprint density at radius 2 is 2.32 bits per heavy atom. The third kappa shape index (κ3) is 4.55. The minimum absolute atomic E-state index is 0.142. The summed E-state index contributed by atoms with van der Waals surface area (Å²) in [4.78, 5) is 14.0. The summed E-state index contributed by atoms with van der Waals surface area (Å²) in [5.74, 6) is 0.745. The van der Waals surface area contributed by atoms with E-state index in [-0.39, 0.29) is 18.4 Å². The lowest BCUT2D eigenvalue weighted by Crippen LogP contribution is -2.27. The normalized spacial score (nSPS) is 22.1. The Bertz CT molecular complexity index is 474. The van der Waals surface area contributed by atoms with Gasteiger partial charge in [0.15, 0.2) is 0 Å². The van der Waals surface area contributed by atoms with Crippen LogP contribution >= 0.6 is 0 Å². The lowest BCUT2D eigenvalue weighted by atomic mass is 9.92. The smallest absolute Gasteiger partial charge is 0.220 e. The van der Waals surface area contributed by atoms with Gasteiger partial charge in [0, 0.05) is 57.7 Å². The molecule has 22 heavy (non-hydrogen) atoms. The minimum atomic E-state index is 0.142. The average molecular weight is 308 g/mol. The molecule has 2 heterocycles. The van der Waals surface area contributed by atoms with Crippen LogP contribution in [0.3, 0.4) is 0 Å². The monoisotopic (exact) mass is 308 g/mol.